The quantitative estimate of drug-likeness (QED) is 0.179. The number of aliphatic carboxylic acids is 1. The molecule has 1 atom stereocenters. The van der Waals surface area contributed by atoms with E-state index in [4.69, 9.17) is 9.84 Å². The van der Waals surface area contributed by atoms with Gasteiger partial charge in [-0.3, -0.25) is 0 Å². The second-order valence-corrected chi connectivity index (χ2v) is 8.80. The number of ether oxygens (including phenoxy) is 1. The molecule has 9 heteroatoms. The first-order chi connectivity index (χ1) is 16.8. The zero-order valence-corrected chi connectivity index (χ0v) is 19.5. The number of carboxylic acids is 1. The number of benzene rings is 2. The lowest BCUT2D eigenvalue weighted by Crippen LogP contribution is -2.44. The highest BCUT2D eigenvalue weighted by Gasteiger charge is 2.41. The Bertz CT molecular complexity index is 972. The molecule has 2 aromatic rings. The van der Waals surface area contributed by atoms with Crippen LogP contribution >= 0.6 is 0 Å². The van der Waals surface area contributed by atoms with Crippen molar-refractivity contribution in [2.45, 2.75) is 12.5 Å². The molecule has 9 nitrogen and oxygen atoms in total. The van der Waals surface area contributed by atoms with Gasteiger partial charge in [0.25, 0.3) is 0 Å². The second kappa shape index (κ2) is 12.9. The summed E-state index contributed by atoms with van der Waals surface area (Å²) in [5.41, 5.74) is 2.22. The summed E-state index contributed by atoms with van der Waals surface area (Å²) in [6.45, 7) is 0.0112. The van der Waals surface area contributed by atoms with Gasteiger partial charge in [-0.05, 0) is 34.2 Å². The van der Waals surface area contributed by atoms with E-state index in [1.165, 1.54) is 0 Å². The molecule has 0 aromatic heterocycles. The predicted octanol–water partition coefficient (Wildman–Crippen LogP) is 0.499. The maximum Gasteiger partial charge on any atom is 0.327 e. The number of rotatable bonds is 12. The van der Waals surface area contributed by atoms with Crippen molar-refractivity contribution < 1.29 is 45.3 Å². The Hall–Kier alpha value is -2.63. The molecule has 0 spiro atoms. The van der Waals surface area contributed by atoms with Crippen LogP contribution in [0, 0.1) is 10.8 Å². The van der Waals surface area contributed by atoms with E-state index in [1.54, 1.807) is 6.07 Å². The third-order valence-corrected chi connectivity index (χ3v) is 6.37. The molecule has 0 saturated heterocycles. The monoisotopic (exact) mass is 490 g/mol. The van der Waals surface area contributed by atoms with Crippen LogP contribution in [0.2, 0.25) is 0 Å². The van der Waals surface area contributed by atoms with E-state index in [0.29, 0.717) is 12.0 Å². The summed E-state index contributed by atoms with van der Waals surface area (Å²) in [7, 11) is 0. The van der Waals surface area contributed by atoms with Crippen molar-refractivity contribution in [3.63, 3.8) is 0 Å². The Balaban J connectivity index is 0.000000784. The van der Waals surface area contributed by atoms with Gasteiger partial charge in [0.2, 0.25) is 0 Å². The predicted molar refractivity (Wildman–Crippen MR) is 129 cm³/mol. The highest BCUT2D eigenvalue weighted by atomic mass is 16.5. The first-order valence-corrected chi connectivity index (χ1v) is 11.1. The molecule has 1 unspecified atom stereocenters. The van der Waals surface area contributed by atoms with Crippen LogP contribution in [0.3, 0.4) is 0 Å². The van der Waals surface area contributed by atoms with Crippen molar-refractivity contribution in [3.8, 4) is 11.1 Å². The lowest BCUT2D eigenvalue weighted by molar-refractivity contribution is -0.131. The highest BCUT2D eigenvalue weighted by Crippen LogP contribution is 2.43. The van der Waals surface area contributed by atoms with Crippen LogP contribution in [0.1, 0.15) is 22.8 Å². The normalized spacial score (nSPS) is 13.3. The number of aliphatic hydroxyl groups is 6. The van der Waals surface area contributed by atoms with E-state index >= 15 is 0 Å². The molecule has 0 radical (unpaired) electrons. The molecule has 192 valence electrons. The summed E-state index contributed by atoms with van der Waals surface area (Å²) in [4.78, 5) is 9.25. The first kappa shape index (κ1) is 28.6. The maximum absolute atomic E-state index is 11.2. The second-order valence-electron chi connectivity index (χ2n) is 8.80. The van der Waals surface area contributed by atoms with Gasteiger partial charge < -0.3 is 40.5 Å². The molecule has 2 aromatic carbocycles. The standard InChI is InChI=1S/C23H30O7.C3H4O2/c24-9-22(10-25,11-26)14-30-15-23(12-27,13-28)21(29)19-7-3-6-18-17-5-2-1-4-16(17)8-20(18)19;1-2-3(4)5/h1-7,21,24-29H,8-15H2;2H,1H2,(H,4,5). The molecule has 35 heavy (non-hydrogen) atoms. The number of carboxylic acid groups (broad SMARTS) is 1. The van der Waals surface area contributed by atoms with E-state index in [0.717, 1.165) is 28.3 Å². The fourth-order valence-corrected chi connectivity index (χ4v) is 3.92. The van der Waals surface area contributed by atoms with Gasteiger partial charge in [0, 0.05) is 6.08 Å². The molecular formula is C26H34O9. The Morgan fingerprint density at radius 1 is 0.914 bits per heavy atom. The van der Waals surface area contributed by atoms with Gasteiger partial charge in [0.05, 0.1) is 63.2 Å². The zero-order chi connectivity index (χ0) is 26.1. The van der Waals surface area contributed by atoms with Gasteiger partial charge >= 0.3 is 5.97 Å². The van der Waals surface area contributed by atoms with Gasteiger partial charge in [-0.2, -0.15) is 0 Å². The van der Waals surface area contributed by atoms with Crippen LogP contribution in [0.15, 0.2) is 55.1 Å². The topological polar surface area (TPSA) is 168 Å². The smallest absolute Gasteiger partial charge is 0.327 e. The lowest BCUT2D eigenvalue weighted by atomic mass is 9.78. The van der Waals surface area contributed by atoms with Crippen LogP contribution in [0.25, 0.3) is 11.1 Å². The van der Waals surface area contributed by atoms with Crippen LogP contribution in [-0.4, -0.2) is 88.0 Å². The number of fused-ring (bicyclic) bond motifs is 3. The Kier molecular flexibility index (Phi) is 10.5. The highest BCUT2D eigenvalue weighted by molar-refractivity contribution is 5.79. The van der Waals surface area contributed by atoms with Crippen LogP contribution in [0.5, 0.6) is 0 Å². The van der Waals surface area contributed by atoms with Gasteiger partial charge in [-0.15, -0.1) is 0 Å². The van der Waals surface area contributed by atoms with Gasteiger partial charge in [-0.1, -0.05) is 49.0 Å². The summed E-state index contributed by atoms with van der Waals surface area (Å²) in [5, 5.41) is 67.4. The van der Waals surface area contributed by atoms with Crippen molar-refractivity contribution in [1.82, 2.24) is 0 Å². The molecular weight excluding hydrogens is 456 g/mol. The summed E-state index contributed by atoms with van der Waals surface area (Å²) in [6, 6.07) is 13.6. The number of hydrogen-bond donors (Lipinski definition) is 7. The van der Waals surface area contributed by atoms with E-state index in [9.17, 15) is 35.4 Å². The third-order valence-electron chi connectivity index (χ3n) is 6.37. The largest absolute Gasteiger partial charge is 0.478 e. The molecule has 1 aliphatic carbocycles. The minimum atomic E-state index is -1.39. The molecule has 0 bridgehead atoms. The molecule has 0 fully saturated rings. The average Bonchev–Trinajstić information content (AvgIpc) is 3.28. The fourth-order valence-electron chi connectivity index (χ4n) is 3.92. The summed E-state index contributed by atoms with van der Waals surface area (Å²) < 4.78 is 5.58. The summed E-state index contributed by atoms with van der Waals surface area (Å²) in [5.74, 6) is -0.981. The summed E-state index contributed by atoms with van der Waals surface area (Å²) in [6.07, 6.45) is 0.276. The number of carbonyl (C=O) groups is 1. The van der Waals surface area contributed by atoms with Gasteiger partial charge in [-0.25, -0.2) is 4.79 Å². The van der Waals surface area contributed by atoms with E-state index < -0.39 is 55.9 Å². The van der Waals surface area contributed by atoms with Crippen LogP contribution < -0.4 is 0 Å². The van der Waals surface area contributed by atoms with Crippen molar-refractivity contribution in [2.75, 3.05) is 46.2 Å². The van der Waals surface area contributed by atoms with Crippen LogP contribution in [-0.2, 0) is 16.0 Å². The molecule has 0 saturated carbocycles. The fraction of sp³-hybridized carbons (Fsp3) is 0.423. The van der Waals surface area contributed by atoms with E-state index in [1.807, 2.05) is 36.4 Å². The molecule has 0 aliphatic heterocycles. The van der Waals surface area contributed by atoms with Crippen molar-refractivity contribution in [1.29, 1.82) is 0 Å². The molecule has 0 amide bonds. The lowest BCUT2D eigenvalue weighted by Gasteiger charge is -2.37. The molecule has 7 N–H and O–H groups in total. The molecule has 3 rings (SSSR count). The van der Waals surface area contributed by atoms with E-state index in [2.05, 4.69) is 6.58 Å². The number of aliphatic hydroxyl groups excluding tert-OH is 6. The van der Waals surface area contributed by atoms with Crippen molar-refractivity contribution in [3.05, 3.63) is 71.8 Å². The molecule has 1 aliphatic rings. The van der Waals surface area contributed by atoms with Gasteiger partial charge in [0.1, 0.15) is 0 Å². The van der Waals surface area contributed by atoms with Crippen molar-refractivity contribution in [2.24, 2.45) is 10.8 Å². The van der Waals surface area contributed by atoms with Crippen molar-refractivity contribution >= 4 is 5.97 Å². The van der Waals surface area contributed by atoms with Crippen LogP contribution in [0.4, 0.5) is 0 Å². The zero-order valence-electron chi connectivity index (χ0n) is 19.5. The number of hydrogen-bond acceptors (Lipinski definition) is 8. The van der Waals surface area contributed by atoms with E-state index in [-0.39, 0.29) is 13.2 Å². The Labute approximate surface area is 204 Å². The molecule has 0 heterocycles. The Morgan fingerprint density at radius 2 is 1.49 bits per heavy atom. The average molecular weight is 491 g/mol. The SMILES string of the molecule is C=CC(=O)O.OCC(CO)(CO)COCC(CO)(CO)C(O)c1cccc2c1Cc1ccccc1-2. The van der Waals surface area contributed by atoms with Gasteiger partial charge in [0.15, 0.2) is 0 Å². The summed E-state index contributed by atoms with van der Waals surface area (Å²) >= 11 is 0. The Morgan fingerprint density at radius 3 is 2.03 bits per heavy atom. The minimum Gasteiger partial charge on any atom is -0.478 e. The third kappa shape index (κ3) is 6.33. The first-order valence-electron chi connectivity index (χ1n) is 11.1. The maximum atomic E-state index is 11.2. The minimum absolute atomic E-state index is 0.191.